The van der Waals surface area contributed by atoms with Crippen LogP contribution in [0.15, 0.2) is 78.9 Å². The molecule has 118 valence electrons. The summed E-state index contributed by atoms with van der Waals surface area (Å²) in [6.45, 7) is 1.86. The Kier molecular flexibility index (Phi) is 3.56. The predicted octanol–water partition coefficient (Wildman–Crippen LogP) is 5.52. The summed E-state index contributed by atoms with van der Waals surface area (Å²) in [4.78, 5) is 0. The summed E-state index contributed by atoms with van der Waals surface area (Å²) < 4.78 is 0. The van der Waals surface area contributed by atoms with E-state index in [-0.39, 0.29) is 0 Å². The molecule has 1 aliphatic carbocycles. The second kappa shape index (κ2) is 5.62. The molecule has 0 heterocycles. The van der Waals surface area contributed by atoms with Crippen molar-refractivity contribution in [3.63, 3.8) is 0 Å². The number of rotatable bonds is 2. The topological polar surface area (TPSA) is 20.2 Å². The molecule has 0 amide bonds. The Hall–Kier alpha value is -2.35. The molecule has 0 saturated carbocycles. The molecule has 1 aliphatic rings. The van der Waals surface area contributed by atoms with E-state index in [0.29, 0.717) is 5.02 Å². The number of aliphatic hydroxyl groups is 1. The van der Waals surface area contributed by atoms with Crippen LogP contribution in [0.3, 0.4) is 0 Å². The highest BCUT2D eigenvalue weighted by molar-refractivity contribution is 6.31. The maximum Gasteiger partial charge on any atom is 0.114 e. The number of benzene rings is 3. The average Bonchev–Trinajstić information content (AvgIpc) is 2.83. The van der Waals surface area contributed by atoms with Crippen LogP contribution in [0.1, 0.15) is 29.2 Å². The van der Waals surface area contributed by atoms with Crippen LogP contribution in [-0.4, -0.2) is 5.11 Å². The lowest BCUT2D eigenvalue weighted by molar-refractivity contribution is 0.125. The summed E-state index contributed by atoms with van der Waals surface area (Å²) in [6, 6.07) is 26.0. The van der Waals surface area contributed by atoms with Crippen LogP contribution in [0.4, 0.5) is 0 Å². The third kappa shape index (κ3) is 2.29. The average molecular weight is 333 g/mol. The zero-order valence-electron chi connectivity index (χ0n) is 13.3. The largest absolute Gasteiger partial charge is 0.381 e. The zero-order valence-corrected chi connectivity index (χ0v) is 14.1. The zero-order chi connectivity index (χ0) is 16.7. The van der Waals surface area contributed by atoms with Crippen LogP contribution in [0.25, 0.3) is 11.1 Å². The van der Waals surface area contributed by atoms with Gasteiger partial charge in [0.15, 0.2) is 0 Å². The molecule has 3 aromatic rings. The van der Waals surface area contributed by atoms with Gasteiger partial charge in [0.25, 0.3) is 0 Å². The van der Waals surface area contributed by atoms with Gasteiger partial charge in [-0.3, -0.25) is 0 Å². The molecule has 0 radical (unpaired) electrons. The summed E-state index contributed by atoms with van der Waals surface area (Å²) in [5.41, 5.74) is 4.90. The molecule has 1 unspecified atom stereocenters. The number of fused-ring (bicyclic) bond motifs is 1. The van der Waals surface area contributed by atoms with E-state index in [9.17, 15) is 5.11 Å². The van der Waals surface area contributed by atoms with Crippen LogP contribution in [0.5, 0.6) is 0 Å². The van der Waals surface area contributed by atoms with Crippen molar-refractivity contribution < 1.29 is 5.11 Å². The van der Waals surface area contributed by atoms with Gasteiger partial charge in [-0.1, -0.05) is 78.3 Å². The Morgan fingerprint density at radius 1 is 0.792 bits per heavy atom. The van der Waals surface area contributed by atoms with Crippen molar-refractivity contribution in [2.75, 3.05) is 0 Å². The molecule has 0 aromatic heterocycles. The Balaban J connectivity index is 2.09. The minimum atomic E-state index is -1.06. The second-order valence-electron chi connectivity index (χ2n) is 6.24. The highest BCUT2D eigenvalue weighted by atomic mass is 35.5. The fraction of sp³-hybridized carbons (Fsp3) is 0.0909. The van der Waals surface area contributed by atoms with Crippen molar-refractivity contribution in [3.8, 4) is 0 Å². The molecule has 0 bridgehead atoms. The summed E-state index contributed by atoms with van der Waals surface area (Å²) >= 11 is 6.26. The molecule has 1 N–H and O–H groups in total. The van der Waals surface area contributed by atoms with Crippen molar-refractivity contribution in [1.82, 2.24) is 0 Å². The Labute approximate surface area is 146 Å². The molecule has 1 nitrogen and oxygen atoms in total. The van der Waals surface area contributed by atoms with Crippen LogP contribution < -0.4 is 0 Å². The molecule has 0 aliphatic heterocycles. The van der Waals surface area contributed by atoms with Gasteiger partial charge in [-0.05, 0) is 46.9 Å². The van der Waals surface area contributed by atoms with Gasteiger partial charge in [0.2, 0.25) is 0 Å². The first-order valence-electron chi connectivity index (χ1n) is 7.97. The van der Waals surface area contributed by atoms with Gasteiger partial charge in [-0.2, -0.15) is 0 Å². The van der Waals surface area contributed by atoms with E-state index in [1.165, 1.54) is 0 Å². The minimum absolute atomic E-state index is 0.673. The molecule has 1 atom stereocenters. The van der Waals surface area contributed by atoms with Crippen molar-refractivity contribution in [1.29, 1.82) is 0 Å². The smallest absolute Gasteiger partial charge is 0.114 e. The SMILES string of the molecule is CC1(O)C(c2ccccc2)=C(c2ccccc2)c2cc(Cl)ccc21. The first-order valence-corrected chi connectivity index (χ1v) is 8.35. The molecule has 0 fully saturated rings. The lowest BCUT2D eigenvalue weighted by Gasteiger charge is -2.24. The first-order chi connectivity index (χ1) is 11.6. The molecule has 4 rings (SSSR count). The van der Waals surface area contributed by atoms with Crippen molar-refractivity contribution >= 4 is 22.7 Å². The van der Waals surface area contributed by atoms with E-state index in [1.807, 2.05) is 73.7 Å². The molecular formula is C22H17ClO. The Bertz CT molecular complexity index is 925. The van der Waals surface area contributed by atoms with E-state index in [4.69, 9.17) is 11.6 Å². The van der Waals surface area contributed by atoms with Crippen molar-refractivity contribution in [2.24, 2.45) is 0 Å². The normalized spacial score (nSPS) is 19.5. The summed E-state index contributed by atoms with van der Waals surface area (Å²) in [5, 5.41) is 12.1. The maximum absolute atomic E-state index is 11.4. The molecular weight excluding hydrogens is 316 g/mol. The first kappa shape index (κ1) is 15.2. The van der Waals surface area contributed by atoms with Gasteiger partial charge >= 0.3 is 0 Å². The Morgan fingerprint density at radius 3 is 2.00 bits per heavy atom. The van der Waals surface area contributed by atoms with Gasteiger partial charge in [0.1, 0.15) is 5.60 Å². The maximum atomic E-state index is 11.4. The number of hydrogen-bond acceptors (Lipinski definition) is 1. The predicted molar refractivity (Wildman–Crippen MR) is 99.8 cm³/mol. The van der Waals surface area contributed by atoms with Gasteiger partial charge in [0, 0.05) is 10.6 Å². The molecule has 0 spiro atoms. The van der Waals surface area contributed by atoms with Crippen LogP contribution >= 0.6 is 11.6 Å². The monoisotopic (exact) mass is 332 g/mol. The second-order valence-corrected chi connectivity index (χ2v) is 6.68. The van der Waals surface area contributed by atoms with Crippen molar-refractivity contribution in [2.45, 2.75) is 12.5 Å². The van der Waals surface area contributed by atoms with Gasteiger partial charge in [0.05, 0.1) is 0 Å². The van der Waals surface area contributed by atoms with Crippen LogP contribution in [0.2, 0.25) is 5.02 Å². The highest BCUT2D eigenvalue weighted by Crippen LogP contribution is 2.52. The van der Waals surface area contributed by atoms with E-state index < -0.39 is 5.60 Å². The quantitative estimate of drug-likeness (QED) is 0.655. The fourth-order valence-corrected chi connectivity index (χ4v) is 3.77. The van der Waals surface area contributed by atoms with Gasteiger partial charge in [-0.25, -0.2) is 0 Å². The van der Waals surface area contributed by atoms with Crippen LogP contribution in [-0.2, 0) is 5.60 Å². The van der Waals surface area contributed by atoms with E-state index in [1.54, 1.807) is 0 Å². The molecule has 24 heavy (non-hydrogen) atoms. The highest BCUT2D eigenvalue weighted by Gasteiger charge is 2.40. The van der Waals surface area contributed by atoms with Gasteiger partial charge in [-0.15, -0.1) is 0 Å². The molecule has 0 saturated heterocycles. The summed E-state index contributed by atoms with van der Waals surface area (Å²) in [6.07, 6.45) is 0. The third-order valence-electron chi connectivity index (χ3n) is 4.64. The fourth-order valence-electron chi connectivity index (χ4n) is 3.60. The third-order valence-corrected chi connectivity index (χ3v) is 4.87. The van der Waals surface area contributed by atoms with E-state index in [2.05, 4.69) is 12.1 Å². The minimum Gasteiger partial charge on any atom is -0.381 e. The summed E-state index contributed by atoms with van der Waals surface area (Å²) in [7, 11) is 0. The van der Waals surface area contributed by atoms with Crippen LogP contribution in [0, 0.1) is 0 Å². The van der Waals surface area contributed by atoms with Gasteiger partial charge < -0.3 is 5.11 Å². The number of halogens is 1. The number of hydrogen-bond donors (Lipinski definition) is 1. The standard InChI is InChI=1S/C22H17ClO/c1-22(24)19-13-12-17(23)14-18(19)20(15-8-4-2-5-9-15)21(22)16-10-6-3-7-11-16/h2-14,24H,1H3. The van der Waals surface area contributed by atoms with E-state index in [0.717, 1.165) is 33.4 Å². The Morgan fingerprint density at radius 2 is 1.38 bits per heavy atom. The summed E-state index contributed by atoms with van der Waals surface area (Å²) in [5.74, 6) is 0. The van der Waals surface area contributed by atoms with E-state index >= 15 is 0 Å². The van der Waals surface area contributed by atoms with Crippen molar-refractivity contribution in [3.05, 3.63) is 106 Å². The molecule has 3 aromatic carbocycles. The lowest BCUT2D eigenvalue weighted by atomic mass is 9.87. The lowest BCUT2D eigenvalue weighted by Crippen LogP contribution is -2.20. The molecule has 2 heteroatoms.